The zero-order valence-electron chi connectivity index (χ0n) is 11.7. The fraction of sp³-hybridized carbons (Fsp3) is 0.500. The molecular formula is C14H18ClF3N2O. The zero-order valence-corrected chi connectivity index (χ0v) is 12.4. The highest BCUT2D eigenvalue weighted by atomic mass is 35.5. The minimum atomic E-state index is -4.54. The number of carbonyl (C=O) groups is 1. The van der Waals surface area contributed by atoms with Gasteiger partial charge in [-0.25, -0.2) is 0 Å². The van der Waals surface area contributed by atoms with Gasteiger partial charge in [0, 0.05) is 18.7 Å². The van der Waals surface area contributed by atoms with Crippen molar-refractivity contribution in [2.75, 3.05) is 18.4 Å². The van der Waals surface area contributed by atoms with Crippen molar-refractivity contribution in [2.45, 2.75) is 32.4 Å². The van der Waals surface area contributed by atoms with Crippen LogP contribution in [0.5, 0.6) is 0 Å². The Balaban J connectivity index is 2.53. The molecule has 0 aromatic heterocycles. The summed E-state index contributed by atoms with van der Waals surface area (Å²) in [5.74, 6) is -0.338. The molecule has 0 aliphatic heterocycles. The number of halogens is 4. The van der Waals surface area contributed by atoms with Gasteiger partial charge in [0.25, 0.3) is 0 Å². The van der Waals surface area contributed by atoms with Gasteiger partial charge in [-0.05, 0) is 31.2 Å². The summed E-state index contributed by atoms with van der Waals surface area (Å²) < 4.78 is 38.0. The van der Waals surface area contributed by atoms with E-state index in [1.165, 1.54) is 6.07 Å². The summed E-state index contributed by atoms with van der Waals surface area (Å²) in [5.41, 5.74) is -0.867. The zero-order chi connectivity index (χ0) is 15.9. The first-order valence-corrected chi connectivity index (χ1v) is 7.09. The van der Waals surface area contributed by atoms with Gasteiger partial charge in [-0.3, -0.25) is 4.79 Å². The Kier molecular flexibility index (Phi) is 6.98. The average molecular weight is 323 g/mol. The Morgan fingerprint density at radius 2 is 2.00 bits per heavy atom. The number of hydrogen-bond donors (Lipinski definition) is 2. The third kappa shape index (κ3) is 6.35. The molecule has 0 radical (unpaired) electrons. The predicted molar refractivity (Wildman–Crippen MR) is 77.5 cm³/mol. The highest BCUT2D eigenvalue weighted by molar-refractivity contribution is 6.31. The van der Waals surface area contributed by atoms with Crippen LogP contribution in [0.2, 0.25) is 5.02 Å². The topological polar surface area (TPSA) is 41.1 Å². The number of rotatable bonds is 7. The number of benzene rings is 1. The monoisotopic (exact) mass is 322 g/mol. The van der Waals surface area contributed by atoms with Crippen molar-refractivity contribution in [3.63, 3.8) is 0 Å². The lowest BCUT2D eigenvalue weighted by Gasteiger charge is -2.12. The molecule has 3 nitrogen and oxygen atoms in total. The van der Waals surface area contributed by atoms with E-state index >= 15 is 0 Å². The summed E-state index contributed by atoms with van der Waals surface area (Å²) in [6.07, 6.45) is -2.26. The van der Waals surface area contributed by atoms with Gasteiger partial charge in [0.1, 0.15) is 0 Å². The molecule has 0 unspecified atom stereocenters. The van der Waals surface area contributed by atoms with Crippen LogP contribution in [0.1, 0.15) is 31.7 Å². The fourth-order valence-corrected chi connectivity index (χ4v) is 1.90. The highest BCUT2D eigenvalue weighted by Gasteiger charge is 2.33. The van der Waals surface area contributed by atoms with E-state index in [9.17, 15) is 18.0 Å². The van der Waals surface area contributed by atoms with Crippen molar-refractivity contribution >= 4 is 23.2 Å². The molecule has 0 fully saturated rings. The van der Waals surface area contributed by atoms with Crippen molar-refractivity contribution in [3.8, 4) is 0 Å². The lowest BCUT2D eigenvalue weighted by molar-refractivity contribution is -0.137. The second kappa shape index (κ2) is 8.24. The van der Waals surface area contributed by atoms with Crippen LogP contribution in [-0.4, -0.2) is 19.0 Å². The SMILES string of the molecule is CCCCNCCC(=O)Nc1ccc(Cl)c(C(F)(F)F)c1. The first-order valence-electron chi connectivity index (χ1n) is 6.72. The second-order valence-electron chi connectivity index (χ2n) is 4.59. The Morgan fingerprint density at radius 1 is 1.29 bits per heavy atom. The van der Waals surface area contributed by atoms with Gasteiger partial charge >= 0.3 is 6.18 Å². The van der Waals surface area contributed by atoms with Crippen molar-refractivity contribution < 1.29 is 18.0 Å². The van der Waals surface area contributed by atoms with Crippen LogP contribution >= 0.6 is 11.6 Å². The van der Waals surface area contributed by atoms with E-state index in [0.29, 0.717) is 6.54 Å². The maximum absolute atomic E-state index is 12.7. The van der Waals surface area contributed by atoms with E-state index in [0.717, 1.165) is 31.5 Å². The maximum atomic E-state index is 12.7. The molecule has 0 saturated carbocycles. The van der Waals surface area contributed by atoms with Crippen LogP contribution < -0.4 is 10.6 Å². The number of anilines is 1. The van der Waals surface area contributed by atoms with Gasteiger partial charge in [0.2, 0.25) is 5.91 Å². The van der Waals surface area contributed by atoms with Gasteiger partial charge in [-0.15, -0.1) is 0 Å². The average Bonchev–Trinajstić information content (AvgIpc) is 2.39. The Labute approximate surface area is 126 Å². The normalized spacial score (nSPS) is 11.5. The van der Waals surface area contributed by atoms with Crippen molar-refractivity contribution in [2.24, 2.45) is 0 Å². The van der Waals surface area contributed by atoms with E-state index in [2.05, 4.69) is 17.6 Å². The molecule has 118 valence electrons. The van der Waals surface area contributed by atoms with Crippen molar-refractivity contribution in [1.29, 1.82) is 0 Å². The molecule has 1 aromatic carbocycles. The molecule has 0 atom stereocenters. The summed E-state index contributed by atoms with van der Waals surface area (Å²) >= 11 is 5.51. The Morgan fingerprint density at radius 3 is 2.62 bits per heavy atom. The fourth-order valence-electron chi connectivity index (χ4n) is 1.67. The molecule has 0 heterocycles. The molecule has 0 aliphatic rings. The van der Waals surface area contributed by atoms with Crippen LogP contribution in [0.15, 0.2) is 18.2 Å². The molecule has 1 amide bonds. The largest absolute Gasteiger partial charge is 0.417 e. The van der Waals surface area contributed by atoms with Crippen LogP contribution in [-0.2, 0) is 11.0 Å². The molecule has 2 N–H and O–H groups in total. The molecule has 7 heteroatoms. The molecule has 0 bridgehead atoms. The van der Waals surface area contributed by atoms with Gasteiger partial charge in [0.15, 0.2) is 0 Å². The minimum Gasteiger partial charge on any atom is -0.326 e. The third-order valence-electron chi connectivity index (χ3n) is 2.79. The van der Waals surface area contributed by atoms with Gasteiger partial charge in [-0.1, -0.05) is 24.9 Å². The number of nitrogens with one attached hydrogen (secondary N) is 2. The molecule has 21 heavy (non-hydrogen) atoms. The number of alkyl halides is 3. The third-order valence-corrected chi connectivity index (χ3v) is 3.12. The summed E-state index contributed by atoms with van der Waals surface area (Å²) in [7, 11) is 0. The first kappa shape index (κ1) is 17.8. The first-order chi connectivity index (χ1) is 9.84. The summed E-state index contributed by atoms with van der Waals surface area (Å²) in [4.78, 5) is 11.6. The second-order valence-corrected chi connectivity index (χ2v) is 5.00. The summed E-state index contributed by atoms with van der Waals surface area (Å²) in [5, 5.41) is 5.13. The number of unbranched alkanes of at least 4 members (excludes halogenated alkanes) is 1. The van der Waals surface area contributed by atoms with Gasteiger partial charge < -0.3 is 10.6 Å². The van der Waals surface area contributed by atoms with Crippen molar-refractivity contribution in [3.05, 3.63) is 28.8 Å². The molecule has 0 aliphatic carbocycles. The van der Waals surface area contributed by atoms with Crippen molar-refractivity contribution in [1.82, 2.24) is 5.32 Å². The quantitative estimate of drug-likeness (QED) is 0.743. The smallest absolute Gasteiger partial charge is 0.326 e. The standard InChI is InChI=1S/C14H18ClF3N2O/c1-2-3-7-19-8-6-13(21)20-10-4-5-12(15)11(9-10)14(16,17)18/h4-5,9,19H,2-3,6-8H2,1H3,(H,20,21). The molecule has 0 spiro atoms. The lowest BCUT2D eigenvalue weighted by Crippen LogP contribution is -2.22. The van der Waals surface area contributed by atoms with E-state index in [1.807, 2.05) is 0 Å². The van der Waals surface area contributed by atoms with Crippen LogP contribution in [0.3, 0.4) is 0 Å². The molecule has 1 rings (SSSR count). The van der Waals surface area contributed by atoms with E-state index in [4.69, 9.17) is 11.6 Å². The van der Waals surface area contributed by atoms with Crippen LogP contribution in [0.4, 0.5) is 18.9 Å². The lowest BCUT2D eigenvalue weighted by atomic mass is 10.2. The molecular weight excluding hydrogens is 305 g/mol. The molecule has 0 saturated heterocycles. The van der Waals surface area contributed by atoms with Crippen LogP contribution in [0.25, 0.3) is 0 Å². The van der Waals surface area contributed by atoms with Gasteiger partial charge in [0.05, 0.1) is 10.6 Å². The predicted octanol–water partition coefficient (Wildman–Crippen LogP) is 4.08. The minimum absolute atomic E-state index is 0.0882. The maximum Gasteiger partial charge on any atom is 0.417 e. The Hall–Kier alpha value is -1.27. The Bertz CT molecular complexity index is 478. The van der Waals surface area contributed by atoms with E-state index in [1.54, 1.807) is 0 Å². The van der Waals surface area contributed by atoms with E-state index in [-0.39, 0.29) is 23.0 Å². The highest BCUT2D eigenvalue weighted by Crippen LogP contribution is 2.36. The molecule has 1 aromatic rings. The summed E-state index contributed by atoms with van der Waals surface area (Å²) in [6, 6.07) is 3.31. The number of hydrogen-bond acceptors (Lipinski definition) is 2. The van der Waals surface area contributed by atoms with Crippen LogP contribution in [0, 0.1) is 0 Å². The number of carbonyl (C=O) groups excluding carboxylic acids is 1. The number of amides is 1. The van der Waals surface area contributed by atoms with E-state index < -0.39 is 11.7 Å². The summed E-state index contributed by atoms with van der Waals surface area (Å²) in [6.45, 7) is 3.38. The van der Waals surface area contributed by atoms with Gasteiger partial charge in [-0.2, -0.15) is 13.2 Å².